The first-order valence-corrected chi connectivity index (χ1v) is 6.11. The Balaban J connectivity index is 2.08. The molecule has 4 nitrogen and oxygen atoms in total. The number of hydrogen-bond donors (Lipinski definition) is 1. The van der Waals surface area contributed by atoms with Gasteiger partial charge in [-0.1, -0.05) is 6.07 Å². The molecule has 1 aromatic carbocycles. The first kappa shape index (κ1) is 10.3. The topological polar surface area (TPSA) is 45.2 Å². The number of carbonyl (C=O) groups excluding carboxylic acids is 1. The number of amides is 1. The van der Waals surface area contributed by atoms with Crippen LogP contribution in [0.15, 0.2) is 36.5 Å². The van der Waals surface area contributed by atoms with E-state index in [-0.39, 0.29) is 5.91 Å². The molecule has 1 amide bonds. The van der Waals surface area contributed by atoms with Crippen molar-refractivity contribution in [3.63, 3.8) is 0 Å². The highest BCUT2D eigenvalue weighted by atomic mass is 16.2. The molecule has 0 aliphatic carbocycles. The van der Waals surface area contributed by atoms with Gasteiger partial charge in [-0.2, -0.15) is 0 Å². The van der Waals surface area contributed by atoms with Crippen LogP contribution < -0.4 is 5.32 Å². The highest BCUT2D eigenvalue weighted by Gasteiger charge is 2.33. The second kappa shape index (κ2) is 3.45. The Hall–Kier alpha value is -2.62. The molecule has 92 valence electrons. The smallest absolute Gasteiger partial charge is 0.258 e. The van der Waals surface area contributed by atoms with Crippen LogP contribution in [-0.2, 0) is 0 Å². The Bertz CT molecular complexity index is 749. The number of benzene rings is 1. The van der Waals surface area contributed by atoms with E-state index in [1.54, 1.807) is 18.1 Å². The summed E-state index contributed by atoms with van der Waals surface area (Å²) in [6, 6.07) is 9.62. The van der Waals surface area contributed by atoms with E-state index in [0.29, 0.717) is 0 Å². The molecule has 0 atom stereocenters. The van der Waals surface area contributed by atoms with Crippen LogP contribution in [0.3, 0.4) is 0 Å². The van der Waals surface area contributed by atoms with Crippen molar-refractivity contribution in [3.05, 3.63) is 53.2 Å². The summed E-state index contributed by atoms with van der Waals surface area (Å²) in [5.41, 5.74) is 4.55. The fourth-order valence-electron chi connectivity index (χ4n) is 2.65. The molecule has 4 heteroatoms. The Morgan fingerprint density at radius 2 is 2.11 bits per heavy atom. The van der Waals surface area contributed by atoms with Crippen molar-refractivity contribution in [2.45, 2.75) is 0 Å². The Kier molecular flexibility index (Phi) is 1.87. The SMILES string of the molecule is CN1C(=O)c2cccc3c2C1=Cc1cccnc1N3. The van der Waals surface area contributed by atoms with E-state index in [4.69, 9.17) is 0 Å². The van der Waals surface area contributed by atoms with Crippen molar-refractivity contribution in [2.24, 2.45) is 0 Å². The summed E-state index contributed by atoms with van der Waals surface area (Å²) in [6.07, 6.45) is 3.77. The van der Waals surface area contributed by atoms with Gasteiger partial charge in [-0.3, -0.25) is 4.79 Å². The summed E-state index contributed by atoms with van der Waals surface area (Å²) >= 11 is 0. The first-order valence-electron chi connectivity index (χ1n) is 6.11. The van der Waals surface area contributed by atoms with Crippen molar-refractivity contribution in [2.75, 3.05) is 12.4 Å². The highest BCUT2D eigenvalue weighted by Crippen LogP contribution is 2.41. The predicted octanol–water partition coefficient (Wildman–Crippen LogP) is 2.72. The molecule has 0 saturated carbocycles. The minimum Gasteiger partial charge on any atom is -0.339 e. The Morgan fingerprint density at radius 3 is 3.00 bits per heavy atom. The van der Waals surface area contributed by atoms with Gasteiger partial charge in [0.15, 0.2) is 0 Å². The van der Waals surface area contributed by atoms with E-state index in [1.165, 1.54) is 0 Å². The molecule has 2 aliphatic heterocycles. The van der Waals surface area contributed by atoms with Crippen LogP contribution in [0.5, 0.6) is 0 Å². The van der Waals surface area contributed by atoms with Crippen LogP contribution in [0.25, 0.3) is 11.8 Å². The van der Waals surface area contributed by atoms with Gasteiger partial charge < -0.3 is 10.2 Å². The molecule has 0 unspecified atom stereocenters. The number of anilines is 2. The molecule has 0 spiro atoms. The standard InChI is InChI=1S/C15H11N3O/c1-18-12-8-9-4-3-7-16-14(9)17-11-6-2-5-10(13(11)12)15(18)19/h2-8H,1H3,(H,16,17). The maximum Gasteiger partial charge on any atom is 0.258 e. The number of nitrogens with one attached hydrogen (secondary N) is 1. The largest absolute Gasteiger partial charge is 0.339 e. The third-order valence-corrected chi connectivity index (χ3v) is 3.60. The van der Waals surface area contributed by atoms with E-state index < -0.39 is 0 Å². The number of hydrogen-bond acceptors (Lipinski definition) is 3. The lowest BCUT2D eigenvalue weighted by atomic mass is 10.1. The lowest BCUT2D eigenvalue weighted by Crippen LogP contribution is -2.16. The quantitative estimate of drug-likeness (QED) is 0.780. The van der Waals surface area contributed by atoms with Crippen LogP contribution in [0.2, 0.25) is 0 Å². The van der Waals surface area contributed by atoms with Gasteiger partial charge in [-0.15, -0.1) is 0 Å². The molecule has 0 fully saturated rings. The zero-order valence-corrected chi connectivity index (χ0v) is 10.3. The second-order valence-corrected chi connectivity index (χ2v) is 4.69. The summed E-state index contributed by atoms with van der Waals surface area (Å²) in [5.74, 6) is 0.857. The van der Waals surface area contributed by atoms with Crippen LogP contribution in [0.1, 0.15) is 21.5 Å². The van der Waals surface area contributed by atoms with Gasteiger partial charge in [0.1, 0.15) is 5.82 Å². The Morgan fingerprint density at radius 1 is 1.21 bits per heavy atom. The molecule has 1 aromatic heterocycles. The van der Waals surface area contributed by atoms with Crippen molar-refractivity contribution >= 4 is 29.2 Å². The van der Waals surface area contributed by atoms with Crippen LogP contribution >= 0.6 is 0 Å². The van der Waals surface area contributed by atoms with Crippen molar-refractivity contribution in [3.8, 4) is 0 Å². The number of aromatic nitrogens is 1. The van der Waals surface area contributed by atoms with E-state index in [1.807, 2.05) is 36.4 Å². The van der Waals surface area contributed by atoms with Gasteiger partial charge in [0.05, 0.1) is 11.3 Å². The summed E-state index contributed by atoms with van der Waals surface area (Å²) in [7, 11) is 1.80. The van der Waals surface area contributed by atoms with E-state index >= 15 is 0 Å². The molecule has 0 saturated heterocycles. The number of pyridine rings is 1. The van der Waals surface area contributed by atoms with Crippen molar-refractivity contribution in [1.82, 2.24) is 9.88 Å². The van der Waals surface area contributed by atoms with Gasteiger partial charge in [-0.05, 0) is 30.3 Å². The van der Waals surface area contributed by atoms with Crippen molar-refractivity contribution < 1.29 is 4.79 Å². The monoisotopic (exact) mass is 249 g/mol. The molecule has 0 radical (unpaired) electrons. The molecule has 4 rings (SSSR count). The molecular formula is C15H11N3O. The lowest BCUT2D eigenvalue weighted by Gasteiger charge is -2.10. The summed E-state index contributed by atoms with van der Waals surface area (Å²) in [5, 5.41) is 3.31. The van der Waals surface area contributed by atoms with E-state index in [2.05, 4.69) is 10.3 Å². The zero-order chi connectivity index (χ0) is 13.0. The van der Waals surface area contributed by atoms with E-state index in [9.17, 15) is 4.79 Å². The molecule has 0 bridgehead atoms. The predicted molar refractivity (Wildman–Crippen MR) is 73.9 cm³/mol. The lowest BCUT2D eigenvalue weighted by molar-refractivity contribution is 0.0875. The fourth-order valence-corrected chi connectivity index (χ4v) is 2.65. The van der Waals surface area contributed by atoms with Crippen LogP contribution in [0, 0.1) is 0 Å². The van der Waals surface area contributed by atoms with Crippen molar-refractivity contribution in [1.29, 1.82) is 0 Å². The molecule has 19 heavy (non-hydrogen) atoms. The van der Waals surface area contributed by atoms with Gasteiger partial charge in [0, 0.05) is 30.1 Å². The number of carbonyl (C=O) groups is 1. The normalized spacial score (nSPS) is 15.3. The van der Waals surface area contributed by atoms with Crippen LogP contribution in [-0.4, -0.2) is 22.8 Å². The number of fused-ring (bicyclic) bond motifs is 1. The fraction of sp³-hybridized carbons (Fsp3) is 0.0667. The number of rotatable bonds is 0. The Labute approximate surface area is 110 Å². The minimum atomic E-state index is 0.0391. The van der Waals surface area contributed by atoms with Crippen LogP contribution in [0.4, 0.5) is 11.5 Å². The van der Waals surface area contributed by atoms with Gasteiger partial charge >= 0.3 is 0 Å². The second-order valence-electron chi connectivity index (χ2n) is 4.69. The molecule has 2 aromatic rings. The highest BCUT2D eigenvalue weighted by molar-refractivity contribution is 6.15. The van der Waals surface area contributed by atoms with Gasteiger partial charge in [0.2, 0.25) is 0 Å². The van der Waals surface area contributed by atoms with Gasteiger partial charge in [0.25, 0.3) is 5.91 Å². The third-order valence-electron chi connectivity index (χ3n) is 3.60. The first-order chi connectivity index (χ1) is 9.25. The summed E-state index contributed by atoms with van der Waals surface area (Å²) < 4.78 is 0. The van der Waals surface area contributed by atoms with Gasteiger partial charge in [-0.25, -0.2) is 4.98 Å². The maximum atomic E-state index is 12.2. The summed E-state index contributed by atoms with van der Waals surface area (Å²) in [4.78, 5) is 18.3. The molecular weight excluding hydrogens is 238 g/mol. The van der Waals surface area contributed by atoms with E-state index in [0.717, 1.165) is 33.9 Å². The molecule has 3 heterocycles. The zero-order valence-electron chi connectivity index (χ0n) is 10.3. The minimum absolute atomic E-state index is 0.0391. The average molecular weight is 249 g/mol. The maximum absolute atomic E-state index is 12.2. The molecule has 1 N–H and O–H groups in total. The average Bonchev–Trinajstić information content (AvgIpc) is 2.61. The summed E-state index contributed by atoms with van der Waals surface area (Å²) in [6.45, 7) is 0. The molecule has 2 aliphatic rings. The number of nitrogens with zero attached hydrogens (tertiary/aromatic N) is 2. The third kappa shape index (κ3) is 1.28.